The molecule has 0 bridgehead atoms. The Morgan fingerprint density at radius 3 is 3.00 bits per heavy atom. The molecular formula is C7H4FN3S. The smallest absolute Gasteiger partial charge is 0.223 e. The lowest BCUT2D eigenvalue weighted by atomic mass is 10.3. The topological polar surface area (TPSA) is 38.7 Å². The summed E-state index contributed by atoms with van der Waals surface area (Å²) >= 11 is 1.29. The van der Waals surface area contributed by atoms with Gasteiger partial charge in [-0.25, -0.2) is 4.98 Å². The SMILES string of the molecule is Fc1ncccc1-c1nncs1. The van der Waals surface area contributed by atoms with Crippen LogP contribution in [0.4, 0.5) is 4.39 Å². The molecule has 0 atom stereocenters. The zero-order valence-electron chi connectivity index (χ0n) is 5.94. The fourth-order valence-electron chi connectivity index (χ4n) is 0.836. The first-order valence-electron chi connectivity index (χ1n) is 3.25. The van der Waals surface area contributed by atoms with Crippen LogP contribution in [-0.4, -0.2) is 15.2 Å². The van der Waals surface area contributed by atoms with Gasteiger partial charge in [0.2, 0.25) is 5.95 Å². The van der Waals surface area contributed by atoms with Crippen LogP contribution in [0.5, 0.6) is 0 Å². The van der Waals surface area contributed by atoms with Gasteiger partial charge in [-0.05, 0) is 12.1 Å². The second-order valence-electron chi connectivity index (χ2n) is 2.09. The third kappa shape index (κ3) is 1.18. The molecule has 0 saturated heterocycles. The predicted molar refractivity (Wildman–Crippen MR) is 43.1 cm³/mol. The Morgan fingerprint density at radius 1 is 1.42 bits per heavy atom. The molecule has 60 valence electrons. The van der Waals surface area contributed by atoms with Crippen molar-refractivity contribution in [3.63, 3.8) is 0 Å². The summed E-state index contributed by atoms with van der Waals surface area (Å²) in [5, 5.41) is 7.91. The van der Waals surface area contributed by atoms with Gasteiger partial charge in [0.1, 0.15) is 5.51 Å². The third-order valence-corrected chi connectivity index (χ3v) is 2.07. The van der Waals surface area contributed by atoms with Gasteiger partial charge in [-0.1, -0.05) is 11.3 Å². The molecule has 2 aromatic heterocycles. The molecule has 5 heteroatoms. The van der Waals surface area contributed by atoms with Crippen molar-refractivity contribution < 1.29 is 4.39 Å². The maximum absolute atomic E-state index is 13.0. The van der Waals surface area contributed by atoms with Gasteiger partial charge in [0.15, 0.2) is 5.01 Å². The van der Waals surface area contributed by atoms with Gasteiger partial charge in [-0.15, -0.1) is 10.2 Å². The minimum absolute atomic E-state index is 0.403. The second kappa shape index (κ2) is 2.94. The van der Waals surface area contributed by atoms with E-state index in [9.17, 15) is 4.39 Å². The molecule has 2 heterocycles. The summed E-state index contributed by atoms with van der Waals surface area (Å²) in [4.78, 5) is 3.51. The van der Waals surface area contributed by atoms with E-state index < -0.39 is 5.95 Å². The van der Waals surface area contributed by atoms with E-state index in [0.29, 0.717) is 10.6 Å². The largest absolute Gasteiger partial charge is 0.228 e. The summed E-state index contributed by atoms with van der Waals surface area (Å²) < 4.78 is 13.0. The minimum atomic E-state index is -0.505. The highest BCUT2D eigenvalue weighted by molar-refractivity contribution is 7.12. The van der Waals surface area contributed by atoms with Gasteiger partial charge < -0.3 is 0 Å². The molecule has 12 heavy (non-hydrogen) atoms. The number of pyridine rings is 1. The maximum atomic E-state index is 13.0. The van der Waals surface area contributed by atoms with Crippen LogP contribution in [0.3, 0.4) is 0 Å². The minimum Gasteiger partial charge on any atom is -0.228 e. The molecule has 0 radical (unpaired) electrons. The quantitative estimate of drug-likeness (QED) is 0.629. The van der Waals surface area contributed by atoms with Crippen LogP contribution in [0.1, 0.15) is 0 Å². The first kappa shape index (κ1) is 7.30. The van der Waals surface area contributed by atoms with Crippen LogP contribution in [-0.2, 0) is 0 Å². The molecule has 2 aromatic rings. The highest BCUT2D eigenvalue weighted by atomic mass is 32.1. The number of rotatable bonds is 1. The molecule has 0 aliphatic heterocycles. The van der Waals surface area contributed by atoms with E-state index in [4.69, 9.17) is 0 Å². The first-order valence-corrected chi connectivity index (χ1v) is 4.13. The molecule has 3 nitrogen and oxygen atoms in total. The van der Waals surface area contributed by atoms with E-state index in [1.807, 2.05) is 0 Å². The van der Waals surface area contributed by atoms with Crippen LogP contribution in [0.25, 0.3) is 10.6 Å². The van der Waals surface area contributed by atoms with Gasteiger partial charge in [-0.3, -0.25) is 0 Å². The summed E-state index contributed by atoms with van der Waals surface area (Å²) in [5.74, 6) is -0.505. The Labute approximate surface area is 71.9 Å². The molecule has 0 N–H and O–H groups in total. The summed E-state index contributed by atoms with van der Waals surface area (Å²) in [5.41, 5.74) is 1.96. The van der Waals surface area contributed by atoms with E-state index >= 15 is 0 Å². The summed E-state index contributed by atoms with van der Waals surface area (Å²) in [6.07, 6.45) is 1.40. The first-order chi connectivity index (χ1) is 5.88. The lowest BCUT2D eigenvalue weighted by molar-refractivity contribution is 0.587. The Bertz CT molecular complexity index is 374. The molecule has 2 rings (SSSR count). The molecule has 0 aromatic carbocycles. The number of aromatic nitrogens is 3. The third-order valence-electron chi connectivity index (χ3n) is 1.35. The van der Waals surface area contributed by atoms with Crippen LogP contribution in [0, 0.1) is 5.95 Å². The summed E-state index contributed by atoms with van der Waals surface area (Å²) in [6.45, 7) is 0. The van der Waals surface area contributed by atoms with E-state index in [-0.39, 0.29) is 0 Å². The van der Waals surface area contributed by atoms with Crippen molar-refractivity contribution in [2.45, 2.75) is 0 Å². The van der Waals surface area contributed by atoms with Crippen LogP contribution in [0.2, 0.25) is 0 Å². The highest BCUT2D eigenvalue weighted by Crippen LogP contribution is 2.21. The monoisotopic (exact) mass is 181 g/mol. The van der Waals surface area contributed by atoms with Crippen LogP contribution < -0.4 is 0 Å². The summed E-state index contributed by atoms with van der Waals surface area (Å²) in [6, 6.07) is 3.29. The van der Waals surface area contributed by atoms with E-state index in [2.05, 4.69) is 15.2 Å². The van der Waals surface area contributed by atoms with Gasteiger partial charge >= 0.3 is 0 Å². The van der Waals surface area contributed by atoms with Gasteiger partial charge in [0.25, 0.3) is 0 Å². The van der Waals surface area contributed by atoms with Gasteiger partial charge in [0.05, 0.1) is 5.56 Å². The van der Waals surface area contributed by atoms with E-state index in [1.54, 1.807) is 17.6 Å². The lowest BCUT2D eigenvalue weighted by Crippen LogP contribution is -1.86. The van der Waals surface area contributed by atoms with Gasteiger partial charge in [0, 0.05) is 6.20 Å². The van der Waals surface area contributed by atoms with E-state index in [0.717, 1.165) is 0 Å². The van der Waals surface area contributed by atoms with Crippen molar-refractivity contribution in [3.8, 4) is 10.6 Å². The number of halogens is 1. The zero-order valence-corrected chi connectivity index (χ0v) is 6.75. The molecule has 0 unspecified atom stereocenters. The van der Waals surface area contributed by atoms with Gasteiger partial charge in [-0.2, -0.15) is 4.39 Å². The molecule has 0 amide bonds. The normalized spacial score (nSPS) is 10.1. The average molecular weight is 181 g/mol. The fourth-order valence-corrected chi connectivity index (χ4v) is 1.40. The molecule has 0 spiro atoms. The number of nitrogens with zero attached hydrogens (tertiary/aromatic N) is 3. The van der Waals surface area contributed by atoms with Crippen LogP contribution in [0.15, 0.2) is 23.8 Å². The Morgan fingerprint density at radius 2 is 2.33 bits per heavy atom. The zero-order chi connectivity index (χ0) is 8.39. The maximum Gasteiger partial charge on any atom is 0.223 e. The molecule has 0 aliphatic rings. The highest BCUT2D eigenvalue weighted by Gasteiger charge is 2.07. The molecular weight excluding hydrogens is 177 g/mol. The van der Waals surface area contributed by atoms with Crippen molar-refractivity contribution in [3.05, 3.63) is 29.8 Å². The number of hydrogen-bond donors (Lipinski definition) is 0. The van der Waals surface area contributed by atoms with E-state index in [1.165, 1.54) is 17.5 Å². The fraction of sp³-hybridized carbons (Fsp3) is 0. The summed E-state index contributed by atoms with van der Waals surface area (Å²) in [7, 11) is 0. The Balaban J connectivity index is 2.55. The second-order valence-corrected chi connectivity index (χ2v) is 2.92. The molecule has 0 fully saturated rings. The molecule has 0 aliphatic carbocycles. The lowest BCUT2D eigenvalue weighted by Gasteiger charge is -1.93. The predicted octanol–water partition coefficient (Wildman–Crippen LogP) is 1.74. The Hall–Kier alpha value is -1.36. The number of hydrogen-bond acceptors (Lipinski definition) is 4. The standard InChI is InChI=1S/C7H4FN3S/c8-6-5(2-1-3-9-6)7-11-10-4-12-7/h1-4H. The molecule has 0 saturated carbocycles. The van der Waals surface area contributed by atoms with Crippen molar-refractivity contribution in [2.75, 3.05) is 0 Å². The van der Waals surface area contributed by atoms with Crippen molar-refractivity contribution in [2.24, 2.45) is 0 Å². The van der Waals surface area contributed by atoms with Crippen molar-refractivity contribution >= 4 is 11.3 Å². The van der Waals surface area contributed by atoms with Crippen molar-refractivity contribution in [1.29, 1.82) is 0 Å². The van der Waals surface area contributed by atoms with Crippen molar-refractivity contribution in [1.82, 2.24) is 15.2 Å². The average Bonchev–Trinajstić information content (AvgIpc) is 2.57. The van der Waals surface area contributed by atoms with Crippen LogP contribution >= 0.6 is 11.3 Å². The Kier molecular flexibility index (Phi) is 1.79.